The Kier molecular flexibility index (Phi) is 15.3. The lowest BCUT2D eigenvalue weighted by atomic mass is 10.0. The van der Waals surface area contributed by atoms with E-state index in [0.717, 1.165) is 12.8 Å². The number of carbonyl (C=O) groups is 1. The summed E-state index contributed by atoms with van der Waals surface area (Å²) in [5, 5.41) is 9.80. The fraction of sp³-hybridized carbons (Fsp3) is 0.955. The second-order valence-electron chi connectivity index (χ2n) is 8.43. The molecule has 3 nitrogen and oxygen atoms in total. The summed E-state index contributed by atoms with van der Waals surface area (Å²) in [6.45, 7) is 7.74. The lowest BCUT2D eigenvalue weighted by molar-refractivity contribution is -0.165. The highest BCUT2D eigenvalue weighted by molar-refractivity contribution is 5.74. The maximum Gasteiger partial charge on any atom is 0.335 e. The van der Waals surface area contributed by atoms with E-state index in [1.807, 2.05) is 20.8 Å². The summed E-state index contributed by atoms with van der Waals surface area (Å²) in [4.78, 5) is 11.7. The molecule has 1 N–H and O–H groups in total. The summed E-state index contributed by atoms with van der Waals surface area (Å²) < 4.78 is 5.18. The number of carbonyl (C=O) groups excluding carboxylic acids is 1. The van der Waals surface area contributed by atoms with E-state index in [0.29, 0.717) is 6.42 Å². The predicted molar refractivity (Wildman–Crippen MR) is 107 cm³/mol. The Morgan fingerprint density at radius 3 is 1.48 bits per heavy atom. The van der Waals surface area contributed by atoms with Gasteiger partial charge in [0.2, 0.25) is 0 Å². The molecule has 0 bridgehead atoms. The van der Waals surface area contributed by atoms with Gasteiger partial charge in [0, 0.05) is 0 Å². The van der Waals surface area contributed by atoms with E-state index >= 15 is 0 Å². The van der Waals surface area contributed by atoms with E-state index in [2.05, 4.69) is 6.92 Å². The van der Waals surface area contributed by atoms with Gasteiger partial charge in [-0.1, -0.05) is 96.8 Å². The quantitative estimate of drug-likeness (QED) is 0.251. The van der Waals surface area contributed by atoms with Crippen LogP contribution in [0.25, 0.3) is 0 Å². The fourth-order valence-corrected chi connectivity index (χ4v) is 3.02. The normalized spacial score (nSPS) is 13.0. The third-order valence-electron chi connectivity index (χ3n) is 4.51. The van der Waals surface area contributed by atoms with Crippen molar-refractivity contribution < 1.29 is 14.6 Å². The van der Waals surface area contributed by atoms with Crippen molar-refractivity contribution in [3.05, 3.63) is 0 Å². The van der Waals surface area contributed by atoms with Crippen LogP contribution in [0.4, 0.5) is 0 Å². The highest BCUT2D eigenvalue weighted by atomic mass is 16.6. The first-order chi connectivity index (χ1) is 11.9. The molecule has 0 amide bonds. The first-order valence-electron chi connectivity index (χ1n) is 10.8. The zero-order valence-electron chi connectivity index (χ0n) is 17.4. The van der Waals surface area contributed by atoms with Gasteiger partial charge in [0.25, 0.3) is 0 Å². The summed E-state index contributed by atoms with van der Waals surface area (Å²) in [6, 6.07) is 0. The van der Waals surface area contributed by atoms with Crippen LogP contribution in [0.3, 0.4) is 0 Å². The molecule has 150 valence electrons. The van der Waals surface area contributed by atoms with E-state index in [-0.39, 0.29) is 0 Å². The van der Waals surface area contributed by atoms with Gasteiger partial charge in [-0.25, -0.2) is 4.79 Å². The number of hydrogen-bond acceptors (Lipinski definition) is 3. The lowest BCUT2D eigenvalue weighted by Crippen LogP contribution is -2.31. The van der Waals surface area contributed by atoms with Crippen molar-refractivity contribution in [1.82, 2.24) is 0 Å². The third kappa shape index (κ3) is 18.0. The second-order valence-corrected chi connectivity index (χ2v) is 8.43. The van der Waals surface area contributed by atoms with Crippen molar-refractivity contribution in [3.63, 3.8) is 0 Å². The van der Waals surface area contributed by atoms with Crippen molar-refractivity contribution in [1.29, 1.82) is 0 Å². The first-order valence-corrected chi connectivity index (χ1v) is 10.8. The van der Waals surface area contributed by atoms with Crippen LogP contribution in [0.5, 0.6) is 0 Å². The van der Waals surface area contributed by atoms with Crippen molar-refractivity contribution in [2.45, 2.75) is 136 Å². The summed E-state index contributed by atoms with van der Waals surface area (Å²) in [7, 11) is 0. The highest BCUT2D eigenvalue weighted by Crippen LogP contribution is 2.15. The molecule has 1 unspecified atom stereocenters. The molecule has 3 heteroatoms. The largest absolute Gasteiger partial charge is 0.458 e. The number of ether oxygens (including phenoxy) is 1. The van der Waals surface area contributed by atoms with Gasteiger partial charge in [-0.2, -0.15) is 0 Å². The molecular weight excluding hydrogens is 312 g/mol. The van der Waals surface area contributed by atoms with Crippen LogP contribution >= 0.6 is 0 Å². The van der Waals surface area contributed by atoms with Gasteiger partial charge in [0.15, 0.2) is 6.10 Å². The minimum atomic E-state index is -0.962. The maximum absolute atomic E-state index is 11.7. The smallest absolute Gasteiger partial charge is 0.335 e. The molecule has 0 radical (unpaired) electrons. The Morgan fingerprint density at radius 1 is 0.760 bits per heavy atom. The lowest BCUT2D eigenvalue weighted by Gasteiger charge is -2.21. The minimum absolute atomic E-state index is 0.484. The number of unbranched alkanes of at least 4 members (excludes halogenated alkanes) is 13. The summed E-state index contributed by atoms with van der Waals surface area (Å²) in [6.07, 6.45) is 17.9. The van der Waals surface area contributed by atoms with Crippen LogP contribution in [0.1, 0.15) is 124 Å². The average molecular weight is 357 g/mol. The summed E-state index contributed by atoms with van der Waals surface area (Å²) in [5.74, 6) is -0.484. The Morgan fingerprint density at radius 2 is 1.12 bits per heavy atom. The van der Waals surface area contributed by atoms with Crippen LogP contribution in [-0.2, 0) is 9.53 Å². The van der Waals surface area contributed by atoms with Crippen LogP contribution < -0.4 is 0 Å². The van der Waals surface area contributed by atoms with E-state index in [1.54, 1.807) is 0 Å². The predicted octanol–water partition coefficient (Wildman–Crippen LogP) is 6.56. The Balaban J connectivity index is 3.29. The van der Waals surface area contributed by atoms with Gasteiger partial charge in [-0.05, 0) is 27.2 Å². The van der Waals surface area contributed by atoms with Gasteiger partial charge in [-0.3, -0.25) is 0 Å². The molecule has 25 heavy (non-hydrogen) atoms. The zero-order valence-corrected chi connectivity index (χ0v) is 17.4. The van der Waals surface area contributed by atoms with E-state index in [9.17, 15) is 9.90 Å². The van der Waals surface area contributed by atoms with Gasteiger partial charge in [0.1, 0.15) is 5.60 Å². The number of rotatable bonds is 16. The number of aliphatic hydroxyl groups excluding tert-OH is 1. The Hall–Kier alpha value is -0.570. The van der Waals surface area contributed by atoms with Gasteiger partial charge < -0.3 is 9.84 Å². The molecule has 0 aromatic carbocycles. The molecule has 0 aliphatic rings. The summed E-state index contributed by atoms with van der Waals surface area (Å²) >= 11 is 0. The van der Waals surface area contributed by atoms with Crippen molar-refractivity contribution in [2.75, 3.05) is 0 Å². The van der Waals surface area contributed by atoms with Crippen molar-refractivity contribution in [3.8, 4) is 0 Å². The third-order valence-corrected chi connectivity index (χ3v) is 4.51. The Bertz CT molecular complexity index is 307. The van der Waals surface area contributed by atoms with Gasteiger partial charge in [0.05, 0.1) is 0 Å². The van der Waals surface area contributed by atoms with Crippen molar-refractivity contribution >= 4 is 5.97 Å². The summed E-state index contributed by atoms with van der Waals surface area (Å²) in [5.41, 5.74) is -0.520. The SMILES string of the molecule is CCCCCCCCCCCCCCCCC(O)C(=O)OC(C)(C)C. The monoisotopic (exact) mass is 356 g/mol. The van der Waals surface area contributed by atoms with Gasteiger partial charge >= 0.3 is 5.97 Å². The number of esters is 1. The molecule has 0 aromatic heterocycles. The molecule has 0 saturated heterocycles. The molecule has 0 aliphatic heterocycles. The van der Waals surface area contributed by atoms with Crippen LogP contribution in [-0.4, -0.2) is 22.8 Å². The highest BCUT2D eigenvalue weighted by Gasteiger charge is 2.22. The second kappa shape index (κ2) is 15.7. The van der Waals surface area contributed by atoms with E-state index in [4.69, 9.17) is 4.74 Å². The van der Waals surface area contributed by atoms with Crippen molar-refractivity contribution in [2.24, 2.45) is 0 Å². The number of hydrogen-bond donors (Lipinski definition) is 1. The van der Waals surface area contributed by atoms with E-state index in [1.165, 1.54) is 77.0 Å². The Labute approximate surface area is 156 Å². The molecule has 0 heterocycles. The topological polar surface area (TPSA) is 46.5 Å². The molecule has 0 saturated carbocycles. The molecular formula is C22H44O3. The molecule has 0 aromatic rings. The number of aliphatic hydroxyl groups is 1. The van der Waals surface area contributed by atoms with Gasteiger partial charge in [-0.15, -0.1) is 0 Å². The van der Waals surface area contributed by atoms with E-state index < -0.39 is 17.7 Å². The first kappa shape index (κ1) is 24.4. The molecule has 0 fully saturated rings. The zero-order chi connectivity index (χ0) is 19.0. The van der Waals surface area contributed by atoms with Crippen LogP contribution in [0.15, 0.2) is 0 Å². The minimum Gasteiger partial charge on any atom is -0.458 e. The average Bonchev–Trinajstić information content (AvgIpc) is 2.53. The van der Waals surface area contributed by atoms with Crippen LogP contribution in [0, 0.1) is 0 Å². The van der Waals surface area contributed by atoms with Crippen LogP contribution in [0.2, 0.25) is 0 Å². The molecule has 0 rings (SSSR count). The maximum atomic E-state index is 11.7. The molecule has 0 spiro atoms. The standard InChI is InChI=1S/C22H44O3/c1-5-6-7-8-9-10-11-12-13-14-15-16-17-18-19-20(23)21(24)25-22(2,3)4/h20,23H,5-19H2,1-4H3. The molecule has 1 atom stereocenters. The molecule has 0 aliphatic carbocycles. The fourth-order valence-electron chi connectivity index (χ4n) is 3.02.